The SMILES string of the molecule is Cc1cc2c3c(c1)N(c1ccc(C(C)(C)C)cc1-c1ccc(C(C)(C)C)cc1)c1c(oc4c1C(C)(C)CCC4(C)C)B3c1cc3c(cc1N2c1ccc(C(C)(C)C)cc1)C(C)(C)CCC3(C)C. The van der Waals surface area contributed by atoms with Crippen LogP contribution < -0.4 is 26.4 Å². The third-order valence-corrected chi connectivity index (χ3v) is 16.8. The number of benzene rings is 5. The summed E-state index contributed by atoms with van der Waals surface area (Å²) in [7, 11) is 0. The zero-order valence-corrected chi connectivity index (χ0v) is 44.4. The van der Waals surface area contributed by atoms with Gasteiger partial charge in [-0.2, -0.15) is 0 Å². The number of rotatable bonds is 3. The number of nitrogens with zero attached hydrogens (tertiary/aromatic N) is 2. The molecule has 0 saturated heterocycles. The van der Waals surface area contributed by atoms with Crippen molar-refractivity contribution >= 4 is 57.4 Å². The van der Waals surface area contributed by atoms with Crippen molar-refractivity contribution in [2.45, 2.75) is 188 Å². The van der Waals surface area contributed by atoms with Gasteiger partial charge in [0.1, 0.15) is 5.76 Å². The van der Waals surface area contributed by atoms with Gasteiger partial charge in [0, 0.05) is 39.3 Å². The summed E-state index contributed by atoms with van der Waals surface area (Å²) in [4.78, 5) is 5.30. The monoisotopic (exact) mass is 889 g/mol. The van der Waals surface area contributed by atoms with E-state index in [0.29, 0.717) is 0 Å². The fourth-order valence-electron chi connectivity index (χ4n) is 12.2. The number of fused-ring (bicyclic) bond motifs is 7. The van der Waals surface area contributed by atoms with Crippen LogP contribution in [0.15, 0.2) is 95.4 Å². The fraction of sp³-hybridized carbons (Fsp3) is 0.460. The number of aryl methyl sites for hydroxylation is 1. The Morgan fingerprint density at radius 2 is 0.985 bits per heavy atom. The molecular weight excluding hydrogens is 812 g/mol. The van der Waals surface area contributed by atoms with Crippen molar-refractivity contribution in [1.82, 2.24) is 0 Å². The van der Waals surface area contributed by atoms with Gasteiger partial charge in [-0.1, -0.05) is 166 Å². The standard InChI is InChI=1S/C63H77BN2O/c1-38-33-50-53-51(34-38)66(48-28-25-42(59(8,9)10)35-44(48)39-19-21-40(22-20-39)57(2,3)4)54-52-55(63(17,18)32-31-62(52,15)16)67-56(54)64(53)47-36-45-46(61(13,14)30-29-60(45,11)12)37-49(47)65(50)43-26-23-41(24-27-43)58(5,6)7/h19-28,33-37H,29-32H2,1-18H3. The van der Waals surface area contributed by atoms with E-state index in [1.54, 1.807) is 0 Å². The van der Waals surface area contributed by atoms with Gasteiger partial charge in [0.15, 0.2) is 0 Å². The summed E-state index contributed by atoms with van der Waals surface area (Å²) in [5.41, 5.74) is 23.2. The van der Waals surface area contributed by atoms with Crippen molar-refractivity contribution in [3.8, 4) is 11.1 Å². The van der Waals surface area contributed by atoms with Crippen molar-refractivity contribution < 1.29 is 4.42 Å². The van der Waals surface area contributed by atoms with Crippen LogP contribution in [0.5, 0.6) is 0 Å². The van der Waals surface area contributed by atoms with Crippen LogP contribution in [0.4, 0.5) is 34.1 Å². The molecule has 3 nitrogen and oxygen atoms in total. The van der Waals surface area contributed by atoms with Crippen molar-refractivity contribution in [2.24, 2.45) is 0 Å². The smallest absolute Gasteiger partial charge is 0.297 e. The minimum absolute atomic E-state index is 0.0334. The second-order valence-electron chi connectivity index (χ2n) is 26.9. The lowest BCUT2D eigenvalue weighted by molar-refractivity contribution is 0.282. The van der Waals surface area contributed by atoms with Gasteiger partial charge in [0.25, 0.3) is 6.71 Å². The highest BCUT2D eigenvalue weighted by Gasteiger charge is 2.53. The van der Waals surface area contributed by atoms with E-state index in [1.165, 1.54) is 102 Å². The molecule has 5 aromatic carbocycles. The molecule has 0 atom stereocenters. The highest BCUT2D eigenvalue weighted by molar-refractivity contribution is 6.99. The van der Waals surface area contributed by atoms with Crippen LogP contribution in [0.25, 0.3) is 11.1 Å². The van der Waals surface area contributed by atoms with Crippen molar-refractivity contribution in [3.63, 3.8) is 0 Å². The molecule has 2 aliphatic carbocycles. The Hall–Kier alpha value is -4.96. The number of hydrogen-bond acceptors (Lipinski definition) is 3. The molecule has 0 saturated carbocycles. The van der Waals surface area contributed by atoms with Crippen LogP contribution in [0.2, 0.25) is 0 Å². The third kappa shape index (κ3) is 7.19. The largest absolute Gasteiger partial charge is 0.472 e. The van der Waals surface area contributed by atoms with Crippen LogP contribution in [0.3, 0.4) is 0 Å². The van der Waals surface area contributed by atoms with Gasteiger partial charge in [-0.15, -0.1) is 0 Å². The van der Waals surface area contributed by atoms with Crippen molar-refractivity contribution in [1.29, 1.82) is 0 Å². The summed E-state index contributed by atoms with van der Waals surface area (Å²) in [6, 6.07) is 36.5. The first-order valence-corrected chi connectivity index (χ1v) is 25.5. The van der Waals surface area contributed by atoms with Crippen LogP contribution in [-0.2, 0) is 37.9 Å². The molecule has 67 heavy (non-hydrogen) atoms. The van der Waals surface area contributed by atoms with Gasteiger partial charge < -0.3 is 14.2 Å². The molecule has 10 rings (SSSR count). The Bertz CT molecular complexity index is 2970. The van der Waals surface area contributed by atoms with E-state index < -0.39 is 0 Å². The Labute approximate surface area is 404 Å². The minimum atomic E-state index is -0.124. The molecule has 0 fully saturated rings. The fourth-order valence-corrected chi connectivity index (χ4v) is 12.2. The molecule has 0 unspecified atom stereocenters. The number of hydrogen-bond donors (Lipinski definition) is 0. The summed E-state index contributed by atoms with van der Waals surface area (Å²) >= 11 is 0. The Morgan fingerprint density at radius 1 is 0.493 bits per heavy atom. The maximum atomic E-state index is 7.82. The van der Waals surface area contributed by atoms with Gasteiger partial charge in [0.05, 0.1) is 17.0 Å². The highest BCUT2D eigenvalue weighted by atomic mass is 16.3. The molecule has 2 aliphatic heterocycles. The van der Waals surface area contributed by atoms with Crippen molar-refractivity contribution in [2.75, 3.05) is 9.80 Å². The van der Waals surface area contributed by atoms with E-state index in [9.17, 15) is 0 Å². The zero-order chi connectivity index (χ0) is 48.3. The van der Waals surface area contributed by atoms with Gasteiger partial charge >= 0.3 is 0 Å². The Morgan fingerprint density at radius 3 is 1.55 bits per heavy atom. The molecule has 1 aromatic heterocycles. The van der Waals surface area contributed by atoms with E-state index in [2.05, 4.69) is 225 Å². The molecule has 348 valence electrons. The lowest BCUT2D eigenvalue weighted by Crippen LogP contribution is -2.61. The lowest BCUT2D eigenvalue weighted by atomic mass is 9.35. The maximum absolute atomic E-state index is 7.82. The molecule has 0 bridgehead atoms. The predicted octanol–water partition coefficient (Wildman–Crippen LogP) is 15.9. The zero-order valence-electron chi connectivity index (χ0n) is 44.4. The van der Waals surface area contributed by atoms with E-state index in [0.717, 1.165) is 30.7 Å². The molecule has 4 aliphatic rings. The van der Waals surface area contributed by atoms with Crippen molar-refractivity contribution in [3.05, 3.63) is 136 Å². The maximum Gasteiger partial charge on any atom is 0.297 e. The summed E-state index contributed by atoms with van der Waals surface area (Å²) in [5, 5.41) is 0. The van der Waals surface area contributed by atoms with Crippen LogP contribution >= 0.6 is 0 Å². The first-order valence-electron chi connectivity index (χ1n) is 25.5. The van der Waals surface area contributed by atoms with E-state index in [4.69, 9.17) is 4.42 Å². The van der Waals surface area contributed by atoms with E-state index in [1.807, 2.05) is 0 Å². The molecule has 0 amide bonds. The highest BCUT2D eigenvalue weighted by Crippen LogP contribution is 2.57. The minimum Gasteiger partial charge on any atom is -0.472 e. The average Bonchev–Trinajstić information content (AvgIpc) is 3.66. The summed E-state index contributed by atoms with van der Waals surface area (Å²) < 4.78 is 7.82. The number of furan rings is 1. The number of anilines is 6. The van der Waals surface area contributed by atoms with Gasteiger partial charge in [0.2, 0.25) is 0 Å². The topological polar surface area (TPSA) is 19.6 Å². The van der Waals surface area contributed by atoms with E-state index >= 15 is 0 Å². The first-order chi connectivity index (χ1) is 31.0. The molecule has 3 heterocycles. The quantitative estimate of drug-likeness (QED) is 0.165. The average molecular weight is 889 g/mol. The molecule has 4 heteroatoms. The molecule has 0 N–H and O–H groups in total. The van der Waals surface area contributed by atoms with Crippen LogP contribution in [-0.4, -0.2) is 6.71 Å². The second-order valence-corrected chi connectivity index (χ2v) is 26.9. The van der Waals surface area contributed by atoms with Crippen LogP contribution in [0, 0.1) is 6.92 Å². The predicted molar refractivity (Wildman–Crippen MR) is 290 cm³/mol. The van der Waals surface area contributed by atoms with Gasteiger partial charge in [-0.25, -0.2) is 0 Å². The normalized spacial score (nSPS) is 18.7. The van der Waals surface area contributed by atoms with Crippen LogP contribution in [0.1, 0.15) is 188 Å². The lowest BCUT2D eigenvalue weighted by Gasteiger charge is -2.47. The second kappa shape index (κ2) is 14.5. The molecule has 0 spiro atoms. The Balaban J connectivity index is 1.35. The van der Waals surface area contributed by atoms with Gasteiger partial charge in [-0.3, -0.25) is 0 Å². The molecule has 6 aromatic rings. The first kappa shape index (κ1) is 45.8. The van der Waals surface area contributed by atoms with E-state index in [-0.39, 0.29) is 44.6 Å². The van der Waals surface area contributed by atoms with Gasteiger partial charge in [-0.05, 0) is 157 Å². The Kier molecular flexibility index (Phi) is 9.94. The molecule has 0 radical (unpaired) electrons. The summed E-state index contributed by atoms with van der Waals surface area (Å²) in [5.74, 6) is 1.16. The third-order valence-electron chi connectivity index (χ3n) is 16.8. The summed E-state index contributed by atoms with van der Waals surface area (Å²) in [6.45, 7) is 42.8. The summed E-state index contributed by atoms with van der Waals surface area (Å²) in [6.07, 6.45) is 4.51. The molecular formula is C63H77BN2O.